The van der Waals surface area contributed by atoms with Crippen LogP contribution in [0, 0.1) is 0 Å². The van der Waals surface area contributed by atoms with E-state index in [0.29, 0.717) is 6.04 Å². The number of hydrogen-bond acceptors (Lipinski definition) is 3. The fourth-order valence-corrected chi connectivity index (χ4v) is 1.39. The molecule has 0 aromatic carbocycles. The van der Waals surface area contributed by atoms with Crippen LogP contribution >= 0.6 is 0 Å². The second kappa shape index (κ2) is 8.48. The second-order valence-corrected chi connectivity index (χ2v) is 3.38. The van der Waals surface area contributed by atoms with E-state index in [1.807, 2.05) is 0 Å². The Morgan fingerprint density at radius 2 is 1.92 bits per heavy atom. The summed E-state index contributed by atoms with van der Waals surface area (Å²) < 4.78 is 4.98. The van der Waals surface area contributed by atoms with Gasteiger partial charge in [-0.1, -0.05) is 13.8 Å². The number of likely N-dealkylation sites (N-methyl/N-ethyl adjacent to an activating group) is 1. The Hall–Kier alpha value is -0.120. The zero-order valence-corrected chi connectivity index (χ0v) is 9.25. The Balaban J connectivity index is 3.42. The van der Waals surface area contributed by atoms with Crippen molar-refractivity contribution in [1.29, 1.82) is 0 Å². The number of hydrogen-bond donors (Lipinski definition) is 1. The van der Waals surface area contributed by atoms with Crippen LogP contribution in [0.1, 0.15) is 26.7 Å². The molecule has 0 spiro atoms. The number of rotatable bonds is 8. The fraction of sp³-hybridized carbons (Fsp3) is 1.00. The van der Waals surface area contributed by atoms with E-state index in [0.717, 1.165) is 39.1 Å². The van der Waals surface area contributed by atoms with Crippen molar-refractivity contribution in [3.8, 4) is 0 Å². The van der Waals surface area contributed by atoms with Gasteiger partial charge in [-0.25, -0.2) is 0 Å². The summed E-state index contributed by atoms with van der Waals surface area (Å²) in [6.07, 6.45) is 2.13. The minimum Gasteiger partial charge on any atom is -0.385 e. The molecular weight excluding hydrogens is 164 g/mol. The fourth-order valence-electron chi connectivity index (χ4n) is 1.39. The summed E-state index contributed by atoms with van der Waals surface area (Å²) in [6, 6.07) is 0.301. The van der Waals surface area contributed by atoms with Crippen LogP contribution in [0.3, 0.4) is 0 Å². The lowest BCUT2D eigenvalue weighted by Gasteiger charge is -2.22. The number of methoxy groups -OCH3 is 1. The molecule has 0 saturated carbocycles. The maximum absolute atomic E-state index is 5.97. The summed E-state index contributed by atoms with van der Waals surface area (Å²) in [5, 5.41) is 0. The number of ether oxygens (including phenoxy) is 1. The van der Waals surface area contributed by atoms with Crippen molar-refractivity contribution in [3.05, 3.63) is 0 Å². The maximum Gasteiger partial charge on any atom is 0.0462 e. The highest BCUT2D eigenvalue weighted by Crippen LogP contribution is 1.98. The van der Waals surface area contributed by atoms with Crippen LogP contribution in [0.2, 0.25) is 0 Å². The molecule has 3 nitrogen and oxygen atoms in total. The monoisotopic (exact) mass is 188 g/mol. The Morgan fingerprint density at radius 3 is 2.38 bits per heavy atom. The average molecular weight is 188 g/mol. The first-order chi connectivity index (χ1) is 6.24. The summed E-state index contributed by atoms with van der Waals surface area (Å²) in [4.78, 5) is 2.36. The van der Waals surface area contributed by atoms with Crippen molar-refractivity contribution in [3.63, 3.8) is 0 Å². The van der Waals surface area contributed by atoms with Crippen LogP contribution in [0.5, 0.6) is 0 Å². The van der Waals surface area contributed by atoms with Gasteiger partial charge in [0, 0.05) is 26.3 Å². The van der Waals surface area contributed by atoms with Crippen LogP contribution in [-0.4, -0.2) is 44.3 Å². The minimum absolute atomic E-state index is 0.301. The molecule has 1 unspecified atom stereocenters. The summed E-state index contributed by atoms with van der Waals surface area (Å²) in [5.41, 5.74) is 5.97. The standard InChI is InChI=1S/C10H24N2O/c1-4-12(5-2)9-10(11)7-6-8-13-3/h10H,4-9,11H2,1-3H3. The lowest BCUT2D eigenvalue weighted by atomic mass is 10.1. The van der Waals surface area contributed by atoms with Crippen LogP contribution in [-0.2, 0) is 4.74 Å². The molecule has 0 saturated heterocycles. The summed E-state index contributed by atoms with van der Waals surface area (Å²) in [6.45, 7) is 8.36. The molecule has 0 aromatic rings. The first kappa shape index (κ1) is 12.9. The Morgan fingerprint density at radius 1 is 1.31 bits per heavy atom. The minimum atomic E-state index is 0.301. The molecule has 3 heteroatoms. The maximum atomic E-state index is 5.97. The first-order valence-corrected chi connectivity index (χ1v) is 5.21. The molecule has 0 aliphatic carbocycles. The molecule has 0 heterocycles. The van der Waals surface area contributed by atoms with Gasteiger partial charge in [0.1, 0.15) is 0 Å². The summed E-state index contributed by atoms with van der Waals surface area (Å²) >= 11 is 0. The molecule has 0 bridgehead atoms. The van der Waals surface area contributed by atoms with Crippen LogP contribution in [0.15, 0.2) is 0 Å². The van der Waals surface area contributed by atoms with Gasteiger partial charge >= 0.3 is 0 Å². The van der Waals surface area contributed by atoms with Gasteiger partial charge < -0.3 is 15.4 Å². The molecule has 13 heavy (non-hydrogen) atoms. The Labute approximate surface area is 82.2 Å². The Kier molecular flexibility index (Phi) is 8.40. The van der Waals surface area contributed by atoms with Crippen molar-refractivity contribution < 1.29 is 4.74 Å². The van der Waals surface area contributed by atoms with E-state index < -0.39 is 0 Å². The van der Waals surface area contributed by atoms with Crippen molar-refractivity contribution in [2.24, 2.45) is 5.73 Å². The van der Waals surface area contributed by atoms with Gasteiger partial charge in [0.25, 0.3) is 0 Å². The van der Waals surface area contributed by atoms with Gasteiger partial charge in [-0.2, -0.15) is 0 Å². The van der Waals surface area contributed by atoms with Gasteiger partial charge in [-0.3, -0.25) is 0 Å². The van der Waals surface area contributed by atoms with Gasteiger partial charge in [-0.05, 0) is 25.9 Å². The normalized spacial score (nSPS) is 13.6. The van der Waals surface area contributed by atoms with E-state index in [9.17, 15) is 0 Å². The highest BCUT2D eigenvalue weighted by atomic mass is 16.5. The van der Waals surface area contributed by atoms with E-state index in [-0.39, 0.29) is 0 Å². The zero-order chi connectivity index (χ0) is 10.1. The highest BCUT2D eigenvalue weighted by Gasteiger charge is 2.06. The van der Waals surface area contributed by atoms with E-state index in [4.69, 9.17) is 10.5 Å². The van der Waals surface area contributed by atoms with E-state index in [1.54, 1.807) is 7.11 Å². The number of nitrogens with zero attached hydrogens (tertiary/aromatic N) is 1. The van der Waals surface area contributed by atoms with Crippen molar-refractivity contribution in [1.82, 2.24) is 4.90 Å². The molecule has 80 valence electrons. The molecule has 0 aromatic heterocycles. The van der Waals surface area contributed by atoms with Gasteiger partial charge in [0.2, 0.25) is 0 Å². The highest BCUT2D eigenvalue weighted by molar-refractivity contribution is 4.66. The van der Waals surface area contributed by atoms with Gasteiger partial charge in [0.05, 0.1) is 0 Å². The quantitative estimate of drug-likeness (QED) is 0.579. The third-order valence-electron chi connectivity index (χ3n) is 2.31. The zero-order valence-electron chi connectivity index (χ0n) is 9.25. The van der Waals surface area contributed by atoms with Crippen LogP contribution < -0.4 is 5.73 Å². The van der Waals surface area contributed by atoms with E-state index in [1.165, 1.54) is 0 Å². The molecule has 0 rings (SSSR count). The number of nitrogens with two attached hydrogens (primary N) is 1. The molecule has 1 atom stereocenters. The SMILES string of the molecule is CCN(CC)CC(N)CCCOC. The summed E-state index contributed by atoms with van der Waals surface area (Å²) in [5.74, 6) is 0. The van der Waals surface area contributed by atoms with E-state index >= 15 is 0 Å². The molecule has 2 N–H and O–H groups in total. The molecular formula is C10H24N2O. The van der Waals surface area contributed by atoms with Crippen LogP contribution in [0.25, 0.3) is 0 Å². The topological polar surface area (TPSA) is 38.5 Å². The predicted octanol–water partition coefficient (Wildman–Crippen LogP) is 1.08. The third-order valence-corrected chi connectivity index (χ3v) is 2.31. The smallest absolute Gasteiger partial charge is 0.0462 e. The van der Waals surface area contributed by atoms with Crippen LogP contribution in [0.4, 0.5) is 0 Å². The molecule has 0 fully saturated rings. The van der Waals surface area contributed by atoms with Gasteiger partial charge in [-0.15, -0.1) is 0 Å². The van der Waals surface area contributed by atoms with E-state index in [2.05, 4.69) is 18.7 Å². The molecule has 0 radical (unpaired) electrons. The Bertz CT molecular complexity index is 105. The van der Waals surface area contributed by atoms with Crippen molar-refractivity contribution in [2.45, 2.75) is 32.7 Å². The lowest BCUT2D eigenvalue weighted by Crippen LogP contribution is -2.37. The molecule has 0 aliphatic rings. The summed E-state index contributed by atoms with van der Waals surface area (Å²) in [7, 11) is 1.73. The van der Waals surface area contributed by atoms with Crippen molar-refractivity contribution >= 4 is 0 Å². The largest absolute Gasteiger partial charge is 0.385 e. The predicted molar refractivity (Wildman–Crippen MR) is 56.9 cm³/mol. The first-order valence-electron chi connectivity index (χ1n) is 5.21. The lowest BCUT2D eigenvalue weighted by molar-refractivity contribution is 0.186. The molecule has 0 aliphatic heterocycles. The molecule has 0 amide bonds. The second-order valence-electron chi connectivity index (χ2n) is 3.38. The third kappa shape index (κ3) is 6.99. The van der Waals surface area contributed by atoms with Gasteiger partial charge in [0.15, 0.2) is 0 Å². The average Bonchev–Trinajstić information content (AvgIpc) is 2.14. The van der Waals surface area contributed by atoms with Crippen molar-refractivity contribution in [2.75, 3.05) is 33.4 Å².